The first-order valence-corrected chi connectivity index (χ1v) is 7.82. The summed E-state index contributed by atoms with van der Waals surface area (Å²) >= 11 is 0. The van der Waals surface area contributed by atoms with Gasteiger partial charge in [0.2, 0.25) is 5.91 Å². The van der Waals surface area contributed by atoms with Gasteiger partial charge in [-0.1, -0.05) is 0 Å². The second-order valence-electron chi connectivity index (χ2n) is 6.00. The topological polar surface area (TPSA) is 64.5 Å². The molecule has 4 rings (SSSR count). The molecule has 0 saturated heterocycles. The number of rotatable bonds is 3. The molecule has 1 aliphatic heterocycles. The summed E-state index contributed by atoms with van der Waals surface area (Å²) in [5.41, 5.74) is 2.86. The Morgan fingerprint density at radius 2 is 2.35 bits per heavy atom. The predicted octanol–water partition coefficient (Wildman–Crippen LogP) is 1.19. The number of carbonyl (C=O) groups excluding carboxylic acids is 1. The van der Waals surface area contributed by atoms with Gasteiger partial charge in [-0.05, 0) is 30.3 Å². The molecule has 0 aliphatic carbocycles. The van der Waals surface area contributed by atoms with Gasteiger partial charge in [0.25, 0.3) is 0 Å². The maximum atomic E-state index is 11.2. The van der Waals surface area contributed by atoms with Crippen molar-refractivity contribution in [2.45, 2.75) is 26.6 Å². The van der Waals surface area contributed by atoms with Gasteiger partial charge in [0, 0.05) is 12.6 Å². The van der Waals surface area contributed by atoms with Gasteiger partial charge in [0.1, 0.15) is 13.1 Å². The largest absolute Gasteiger partial charge is 0.463 e. The van der Waals surface area contributed by atoms with E-state index in [1.54, 1.807) is 6.26 Å². The van der Waals surface area contributed by atoms with Crippen molar-refractivity contribution in [2.75, 3.05) is 11.9 Å². The highest BCUT2D eigenvalue weighted by atomic mass is 16.3. The van der Waals surface area contributed by atoms with Crippen LogP contribution in [0.1, 0.15) is 18.5 Å². The maximum Gasteiger partial charge on any atom is 0.221 e. The minimum atomic E-state index is -0.0672. The smallest absolute Gasteiger partial charge is 0.221 e. The molecule has 0 radical (unpaired) electrons. The molecule has 23 heavy (non-hydrogen) atoms. The number of aromatic nitrogens is 2. The van der Waals surface area contributed by atoms with Crippen LogP contribution in [-0.2, 0) is 24.4 Å². The highest BCUT2D eigenvalue weighted by Crippen LogP contribution is 2.21. The van der Waals surface area contributed by atoms with Crippen LogP contribution >= 0.6 is 0 Å². The quantitative estimate of drug-likeness (QED) is 0.763. The number of benzene rings is 1. The molecular weight excluding hydrogens is 292 g/mol. The number of fused-ring (bicyclic) bond motifs is 3. The Morgan fingerprint density at radius 1 is 1.43 bits per heavy atom. The summed E-state index contributed by atoms with van der Waals surface area (Å²) in [4.78, 5) is 17.4. The number of nitrogens with one attached hydrogen (secondary N) is 2. The van der Waals surface area contributed by atoms with Crippen LogP contribution in [0, 0.1) is 0 Å². The Balaban J connectivity index is 1.60. The lowest BCUT2D eigenvalue weighted by Crippen LogP contribution is -3.10. The number of amides is 1. The Kier molecular flexibility index (Phi) is 3.38. The summed E-state index contributed by atoms with van der Waals surface area (Å²) in [6, 6.07) is 9.85. The molecule has 1 aliphatic rings. The van der Waals surface area contributed by atoms with Gasteiger partial charge < -0.3 is 19.2 Å². The molecule has 3 aromatic rings. The summed E-state index contributed by atoms with van der Waals surface area (Å²) in [5.74, 6) is 2.03. The molecule has 2 N–H and O–H groups in total. The van der Waals surface area contributed by atoms with E-state index in [1.807, 2.05) is 30.3 Å². The second kappa shape index (κ2) is 5.55. The molecule has 1 unspecified atom stereocenters. The average Bonchev–Trinajstić information content (AvgIpc) is 3.12. The number of hydrogen-bond donors (Lipinski definition) is 2. The number of nitrogens with zero attached hydrogens (tertiary/aromatic N) is 2. The van der Waals surface area contributed by atoms with Crippen LogP contribution in [0.25, 0.3) is 11.0 Å². The van der Waals surface area contributed by atoms with Crippen LogP contribution in [0.2, 0.25) is 0 Å². The molecule has 1 aromatic carbocycles. The van der Waals surface area contributed by atoms with E-state index in [4.69, 9.17) is 9.40 Å². The van der Waals surface area contributed by atoms with Crippen molar-refractivity contribution >= 4 is 22.6 Å². The van der Waals surface area contributed by atoms with Gasteiger partial charge in [0.15, 0.2) is 11.6 Å². The molecule has 6 heteroatoms. The zero-order chi connectivity index (χ0) is 15.8. The van der Waals surface area contributed by atoms with E-state index in [9.17, 15) is 4.79 Å². The van der Waals surface area contributed by atoms with Gasteiger partial charge >= 0.3 is 0 Å². The third-order valence-electron chi connectivity index (χ3n) is 4.25. The SMILES string of the molecule is CC(=O)Nc1ccc2c(c1)nc1n2CC[NH+](Cc2ccco2)C1. The van der Waals surface area contributed by atoms with Crippen molar-refractivity contribution in [3.8, 4) is 0 Å². The molecule has 0 fully saturated rings. The zero-order valence-electron chi connectivity index (χ0n) is 13.0. The van der Waals surface area contributed by atoms with Crippen LogP contribution in [0.3, 0.4) is 0 Å². The number of hydrogen-bond acceptors (Lipinski definition) is 3. The lowest BCUT2D eigenvalue weighted by molar-refractivity contribution is -0.932. The van der Waals surface area contributed by atoms with Crippen molar-refractivity contribution in [3.05, 3.63) is 48.2 Å². The number of quaternary nitrogens is 1. The summed E-state index contributed by atoms with van der Waals surface area (Å²) in [6.07, 6.45) is 1.72. The lowest BCUT2D eigenvalue weighted by Gasteiger charge is -2.24. The van der Waals surface area contributed by atoms with Gasteiger partial charge in [-0.2, -0.15) is 0 Å². The molecule has 3 heterocycles. The molecule has 118 valence electrons. The van der Waals surface area contributed by atoms with Gasteiger partial charge in [-0.25, -0.2) is 4.98 Å². The van der Waals surface area contributed by atoms with E-state index in [0.29, 0.717) is 0 Å². The van der Waals surface area contributed by atoms with Gasteiger partial charge in [-0.3, -0.25) is 4.79 Å². The molecule has 1 amide bonds. The van der Waals surface area contributed by atoms with Crippen LogP contribution in [0.4, 0.5) is 5.69 Å². The van der Waals surface area contributed by atoms with E-state index in [0.717, 1.165) is 54.5 Å². The average molecular weight is 311 g/mol. The molecule has 0 bridgehead atoms. The number of carbonyl (C=O) groups is 1. The first-order valence-electron chi connectivity index (χ1n) is 7.82. The van der Waals surface area contributed by atoms with E-state index < -0.39 is 0 Å². The van der Waals surface area contributed by atoms with Crippen molar-refractivity contribution in [3.63, 3.8) is 0 Å². The summed E-state index contributed by atoms with van der Waals surface area (Å²) in [5, 5.41) is 2.81. The summed E-state index contributed by atoms with van der Waals surface area (Å²) in [7, 11) is 0. The Bertz CT molecular complexity index is 851. The third kappa shape index (κ3) is 2.73. The van der Waals surface area contributed by atoms with Crippen LogP contribution in [-0.4, -0.2) is 22.0 Å². The Hall–Kier alpha value is -2.60. The van der Waals surface area contributed by atoms with Crippen LogP contribution in [0.5, 0.6) is 0 Å². The van der Waals surface area contributed by atoms with Crippen molar-refractivity contribution in [1.82, 2.24) is 9.55 Å². The Morgan fingerprint density at radius 3 is 3.13 bits per heavy atom. The molecule has 2 aromatic heterocycles. The normalized spacial score (nSPS) is 17.2. The van der Waals surface area contributed by atoms with Gasteiger partial charge in [-0.15, -0.1) is 0 Å². The minimum absolute atomic E-state index is 0.0672. The van der Waals surface area contributed by atoms with Crippen LogP contribution in [0.15, 0.2) is 41.0 Å². The second-order valence-corrected chi connectivity index (χ2v) is 6.00. The summed E-state index contributed by atoms with van der Waals surface area (Å²) < 4.78 is 7.72. The number of anilines is 1. The third-order valence-corrected chi connectivity index (χ3v) is 4.25. The number of imidazole rings is 1. The molecule has 1 atom stereocenters. The van der Waals surface area contributed by atoms with E-state index in [1.165, 1.54) is 11.8 Å². The highest BCUT2D eigenvalue weighted by Gasteiger charge is 2.23. The molecule has 0 spiro atoms. The monoisotopic (exact) mass is 311 g/mol. The van der Waals surface area contributed by atoms with Gasteiger partial charge in [0.05, 0.1) is 30.4 Å². The number of furan rings is 1. The molecule has 0 saturated carbocycles. The highest BCUT2D eigenvalue weighted by molar-refractivity contribution is 5.91. The van der Waals surface area contributed by atoms with E-state index in [2.05, 4.69) is 9.88 Å². The first-order chi connectivity index (χ1) is 11.2. The van der Waals surface area contributed by atoms with Crippen molar-refractivity contribution < 1.29 is 14.1 Å². The maximum absolute atomic E-state index is 11.2. The van der Waals surface area contributed by atoms with E-state index >= 15 is 0 Å². The van der Waals surface area contributed by atoms with Crippen molar-refractivity contribution in [2.24, 2.45) is 0 Å². The van der Waals surface area contributed by atoms with E-state index in [-0.39, 0.29) is 5.91 Å². The zero-order valence-corrected chi connectivity index (χ0v) is 13.0. The molecular formula is C17H19N4O2+. The van der Waals surface area contributed by atoms with Crippen molar-refractivity contribution in [1.29, 1.82) is 0 Å². The summed E-state index contributed by atoms with van der Waals surface area (Å²) in [6.45, 7) is 5.27. The fourth-order valence-electron chi connectivity index (χ4n) is 3.24. The Labute approximate surface area is 133 Å². The predicted molar refractivity (Wildman–Crippen MR) is 86.0 cm³/mol. The first kappa shape index (κ1) is 14.0. The fourth-order valence-corrected chi connectivity index (χ4v) is 3.24. The lowest BCUT2D eigenvalue weighted by atomic mass is 10.2. The minimum Gasteiger partial charge on any atom is -0.463 e. The van der Waals surface area contributed by atoms with Crippen LogP contribution < -0.4 is 10.2 Å². The fraction of sp³-hybridized carbons (Fsp3) is 0.294. The standard InChI is InChI=1S/C17H18N4O2/c1-12(22)18-13-4-5-16-15(9-13)19-17-11-20(6-7-21(16)17)10-14-3-2-8-23-14/h2-5,8-9H,6-7,10-11H2,1H3,(H,18,22)/p+1. The molecule has 6 nitrogen and oxygen atoms in total.